The summed E-state index contributed by atoms with van der Waals surface area (Å²) in [4.78, 5) is 30.0. The van der Waals surface area contributed by atoms with Crippen molar-refractivity contribution in [2.24, 2.45) is 0 Å². The van der Waals surface area contributed by atoms with E-state index < -0.39 is 0 Å². The van der Waals surface area contributed by atoms with Crippen molar-refractivity contribution in [3.63, 3.8) is 0 Å². The number of rotatable bonds is 6. The molecule has 0 fully saturated rings. The molecule has 0 atom stereocenters. The maximum atomic E-state index is 5.27. The summed E-state index contributed by atoms with van der Waals surface area (Å²) < 4.78 is 6.57. The number of hydrogen-bond donors (Lipinski definition) is 0. The molecule has 0 aliphatic heterocycles. The van der Waals surface area contributed by atoms with E-state index in [4.69, 9.17) is 29.9 Å². The molecule has 0 radical (unpaired) electrons. The normalized spacial score (nSPS) is 11.6. The Labute approximate surface area is 310 Å². The molecule has 9 nitrogen and oxygen atoms in total. The van der Waals surface area contributed by atoms with Gasteiger partial charge in [0.1, 0.15) is 23.0 Å². The van der Waals surface area contributed by atoms with Gasteiger partial charge in [0, 0.05) is 35.3 Å². The van der Waals surface area contributed by atoms with Gasteiger partial charge in [0.25, 0.3) is 0 Å². The van der Waals surface area contributed by atoms with Crippen LogP contribution in [-0.2, 0) is 0 Å². The first-order chi connectivity index (χ1) is 26.5. The van der Waals surface area contributed by atoms with E-state index in [2.05, 4.69) is 138 Å². The molecule has 0 unspecified atom stereocenters. The minimum atomic E-state index is 0.662. The number of para-hydroxylation sites is 3. The van der Waals surface area contributed by atoms with E-state index in [1.54, 1.807) is 12.4 Å². The third-order valence-electron chi connectivity index (χ3n) is 10.1. The molecule has 0 spiro atoms. The molecule has 6 aromatic heterocycles. The van der Waals surface area contributed by atoms with Crippen molar-refractivity contribution in [1.29, 1.82) is 0 Å². The average molecular weight is 700 g/mol. The molecule has 0 saturated carbocycles. The van der Waals surface area contributed by atoms with Gasteiger partial charge in [0.05, 0.1) is 28.1 Å². The molecule has 0 saturated heterocycles. The maximum Gasteiger partial charge on any atom is 0.178 e. The second-order valence-electron chi connectivity index (χ2n) is 13.5. The molecule has 0 aliphatic carbocycles. The minimum Gasteiger partial charge on any atom is -0.290 e. The quantitative estimate of drug-likeness (QED) is 0.172. The van der Waals surface area contributed by atoms with E-state index in [9.17, 15) is 0 Å². The predicted octanol–water partition coefficient (Wildman–Crippen LogP) is 9.81. The van der Waals surface area contributed by atoms with Crippen molar-refractivity contribution in [2.45, 2.75) is 20.8 Å². The van der Waals surface area contributed by atoms with Crippen LogP contribution in [0.1, 0.15) is 16.7 Å². The van der Waals surface area contributed by atoms with Crippen LogP contribution in [0, 0.1) is 20.8 Å². The smallest absolute Gasteiger partial charge is 0.178 e. The number of hydrogen-bond acceptors (Lipinski definition) is 6. The first kappa shape index (κ1) is 31.5. The lowest BCUT2D eigenvalue weighted by molar-refractivity contribution is 1.06. The Morgan fingerprint density at radius 3 is 1.28 bits per heavy atom. The van der Waals surface area contributed by atoms with Crippen LogP contribution in [0.15, 0.2) is 146 Å². The summed E-state index contributed by atoms with van der Waals surface area (Å²) in [5, 5.41) is 0. The van der Waals surface area contributed by atoms with Crippen LogP contribution in [0.5, 0.6) is 0 Å². The molecule has 0 amide bonds. The van der Waals surface area contributed by atoms with Crippen molar-refractivity contribution in [1.82, 2.24) is 43.6 Å². The summed E-state index contributed by atoms with van der Waals surface area (Å²) in [7, 11) is 0. The lowest BCUT2D eigenvalue weighted by Crippen LogP contribution is -2.04. The van der Waals surface area contributed by atoms with Gasteiger partial charge < -0.3 is 0 Å². The van der Waals surface area contributed by atoms with Gasteiger partial charge in [-0.3, -0.25) is 13.7 Å². The van der Waals surface area contributed by atoms with Crippen LogP contribution in [0.3, 0.4) is 0 Å². The van der Waals surface area contributed by atoms with Crippen molar-refractivity contribution in [2.75, 3.05) is 0 Å². The molecule has 9 heteroatoms. The second-order valence-corrected chi connectivity index (χ2v) is 13.5. The SMILES string of the molecule is Cc1ccccc1-n1c(-c2cc(-c3nc4ncccc4n3-c3ccccc3C)cc(-c3nc4cccnc4n3-c3ccccc3C)c2)nc2ncccc21. The third kappa shape index (κ3) is 5.01. The zero-order valence-corrected chi connectivity index (χ0v) is 29.9. The average Bonchev–Trinajstić information content (AvgIpc) is 3.91. The van der Waals surface area contributed by atoms with Gasteiger partial charge in [0.15, 0.2) is 16.9 Å². The van der Waals surface area contributed by atoms with Crippen LogP contribution >= 0.6 is 0 Å². The van der Waals surface area contributed by atoms with Crippen LogP contribution in [-0.4, -0.2) is 43.6 Å². The number of nitrogens with zero attached hydrogens (tertiary/aromatic N) is 9. The zero-order valence-electron chi connectivity index (χ0n) is 29.9. The Bertz CT molecular complexity index is 2720. The molecule has 54 heavy (non-hydrogen) atoms. The Kier molecular flexibility index (Phi) is 7.26. The van der Waals surface area contributed by atoms with Gasteiger partial charge in [-0.05, 0) is 110 Å². The van der Waals surface area contributed by atoms with E-state index in [0.29, 0.717) is 11.3 Å². The summed E-state index contributed by atoms with van der Waals surface area (Å²) >= 11 is 0. The van der Waals surface area contributed by atoms with Gasteiger partial charge in [0.2, 0.25) is 0 Å². The number of aromatic nitrogens is 9. The van der Waals surface area contributed by atoms with Crippen molar-refractivity contribution in [3.05, 3.63) is 163 Å². The first-order valence-corrected chi connectivity index (χ1v) is 17.9. The molecule has 6 heterocycles. The number of fused-ring (bicyclic) bond motifs is 3. The summed E-state index contributed by atoms with van der Waals surface area (Å²) in [6.45, 7) is 6.36. The topological polar surface area (TPSA) is 92.1 Å². The van der Waals surface area contributed by atoms with Crippen molar-refractivity contribution >= 4 is 33.5 Å². The number of benzene rings is 4. The molecular weight excluding hydrogens is 667 g/mol. The molecule has 10 aromatic rings. The Balaban J connectivity index is 1.33. The van der Waals surface area contributed by atoms with Gasteiger partial charge in [-0.2, -0.15) is 0 Å². The van der Waals surface area contributed by atoms with Crippen LogP contribution < -0.4 is 0 Å². The largest absolute Gasteiger partial charge is 0.290 e. The van der Waals surface area contributed by atoms with E-state index in [1.807, 2.05) is 30.5 Å². The lowest BCUT2D eigenvalue weighted by Gasteiger charge is -2.17. The van der Waals surface area contributed by atoms with E-state index in [1.165, 1.54) is 0 Å². The minimum absolute atomic E-state index is 0.662. The Morgan fingerprint density at radius 2 is 0.796 bits per heavy atom. The molecular formula is C45H33N9. The number of pyridine rings is 3. The fraction of sp³-hybridized carbons (Fsp3) is 0.0667. The Morgan fingerprint density at radius 1 is 0.389 bits per heavy atom. The third-order valence-corrected chi connectivity index (χ3v) is 10.1. The summed E-state index contributed by atoms with van der Waals surface area (Å²) in [6, 6.07) is 43.6. The van der Waals surface area contributed by atoms with E-state index >= 15 is 0 Å². The van der Waals surface area contributed by atoms with Gasteiger partial charge in [-0.25, -0.2) is 29.9 Å². The molecule has 4 aromatic carbocycles. The molecule has 0 aliphatic rings. The highest BCUT2D eigenvalue weighted by Crippen LogP contribution is 2.39. The summed E-state index contributed by atoms with van der Waals surface area (Å²) in [6.07, 6.45) is 5.40. The van der Waals surface area contributed by atoms with E-state index in [-0.39, 0.29) is 0 Å². The highest BCUT2D eigenvalue weighted by molar-refractivity contribution is 5.88. The van der Waals surface area contributed by atoms with Crippen molar-refractivity contribution in [3.8, 4) is 51.2 Å². The van der Waals surface area contributed by atoms with E-state index in [0.717, 1.165) is 90.1 Å². The highest BCUT2D eigenvalue weighted by Gasteiger charge is 2.24. The first-order valence-electron chi connectivity index (χ1n) is 17.9. The fourth-order valence-electron chi connectivity index (χ4n) is 7.49. The summed E-state index contributed by atoms with van der Waals surface area (Å²) in [5.41, 5.74) is 13.8. The van der Waals surface area contributed by atoms with Crippen molar-refractivity contribution < 1.29 is 0 Å². The molecule has 0 N–H and O–H groups in total. The zero-order chi connectivity index (χ0) is 36.3. The summed E-state index contributed by atoms with van der Waals surface area (Å²) in [5.74, 6) is 2.28. The predicted molar refractivity (Wildman–Crippen MR) is 214 cm³/mol. The van der Waals surface area contributed by atoms with Crippen LogP contribution in [0.4, 0.5) is 0 Å². The number of aryl methyl sites for hydroxylation is 3. The highest BCUT2D eigenvalue weighted by atomic mass is 15.1. The number of imidazole rings is 3. The molecule has 258 valence electrons. The molecule has 0 bridgehead atoms. The van der Waals surface area contributed by atoms with Gasteiger partial charge in [-0.15, -0.1) is 0 Å². The van der Waals surface area contributed by atoms with Crippen LogP contribution in [0.2, 0.25) is 0 Å². The standard InChI is InChI=1S/C45H33N9/c1-28-13-4-7-17-35(28)52-38-20-11-22-46-40(38)50-43(52)32-25-31(42-49-34-16-10-24-48-45(34)54(42)37-19-9-6-15-30(37)3)26-33(27-32)44-51-41-39(21-12-23-47-41)53(44)36-18-8-5-14-29(36)2/h4-27H,1-3H3. The second kappa shape index (κ2) is 12.5. The molecule has 10 rings (SSSR count). The van der Waals surface area contributed by atoms with Crippen LogP contribution in [0.25, 0.3) is 84.7 Å². The lowest BCUT2D eigenvalue weighted by atomic mass is 10.0. The van der Waals surface area contributed by atoms with Gasteiger partial charge >= 0.3 is 0 Å². The maximum absolute atomic E-state index is 5.27. The van der Waals surface area contributed by atoms with Gasteiger partial charge in [-0.1, -0.05) is 54.6 Å². The Hall–Kier alpha value is -7.26. The fourth-order valence-corrected chi connectivity index (χ4v) is 7.49. The monoisotopic (exact) mass is 699 g/mol.